The number of rotatable bonds is 17. The van der Waals surface area contributed by atoms with Crippen LogP contribution in [0.25, 0.3) is 0 Å². The highest BCUT2D eigenvalue weighted by atomic mass is 19.2. The molecule has 0 aromatic heterocycles. The highest BCUT2D eigenvalue weighted by Crippen LogP contribution is 2.45. The first-order valence-corrected chi connectivity index (χ1v) is 16.2. The number of unbranched alkanes of at least 4 members (excludes halogenated alkanes) is 10. The van der Waals surface area contributed by atoms with Crippen LogP contribution in [0.5, 0.6) is 5.75 Å². The molecule has 37 heavy (non-hydrogen) atoms. The maximum absolute atomic E-state index is 15.0. The molecule has 212 valence electrons. The summed E-state index contributed by atoms with van der Waals surface area (Å²) in [6, 6.07) is 3.47. The maximum atomic E-state index is 15.0. The minimum atomic E-state index is -0.783. The number of halogens is 2. The van der Waals surface area contributed by atoms with Crippen molar-refractivity contribution in [2.45, 2.75) is 155 Å². The molecule has 0 bridgehead atoms. The fourth-order valence-corrected chi connectivity index (χ4v) is 7.10. The SMILES string of the molecule is CCCCCCCCOc1ccc(C2CCC(C3CCC(CCCCCCCC)CC3)CC2)c(F)c1F. The zero-order valence-electron chi connectivity index (χ0n) is 24.2. The molecule has 3 rings (SSSR count). The van der Waals surface area contributed by atoms with Crippen molar-refractivity contribution in [2.75, 3.05) is 6.61 Å². The van der Waals surface area contributed by atoms with Crippen molar-refractivity contribution in [1.29, 1.82) is 0 Å². The predicted molar refractivity (Wildman–Crippen MR) is 153 cm³/mol. The van der Waals surface area contributed by atoms with Gasteiger partial charge in [0, 0.05) is 0 Å². The Balaban J connectivity index is 1.35. The van der Waals surface area contributed by atoms with Gasteiger partial charge >= 0.3 is 0 Å². The van der Waals surface area contributed by atoms with Gasteiger partial charge in [0.15, 0.2) is 11.6 Å². The van der Waals surface area contributed by atoms with Gasteiger partial charge in [-0.05, 0) is 80.2 Å². The molecule has 2 fully saturated rings. The lowest BCUT2D eigenvalue weighted by Gasteiger charge is -2.38. The van der Waals surface area contributed by atoms with Gasteiger partial charge in [-0.25, -0.2) is 4.39 Å². The molecule has 1 aromatic carbocycles. The van der Waals surface area contributed by atoms with Gasteiger partial charge in [0.2, 0.25) is 5.82 Å². The van der Waals surface area contributed by atoms with E-state index in [4.69, 9.17) is 4.74 Å². The van der Waals surface area contributed by atoms with E-state index in [1.54, 1.807) is 12.1 Å². The second-order valence-electron chi connectivity index (χ2n) is 12.3. The Hall–Kier alpha value is -1.12. The van der Waals surface area contributed by atoms with E-state index in [-0.39, 0.29) is 11.7 Å². The monoisotopic (exact) mass is 518 g/mol. The van der Waals surface area contributed by atoms with Gasteiger partial charge in [-0.15, -0.1) is 0 Å². The average Bonchev–Trinajstić information content (AvgIpc) is 2.93. The van der Waals surface area contributed by atoms with E-state index in [1.807, 2.05) is 0 Å². The van der Waals surface area contributed by atoms with Crippen LogP contribution in [0.15, 0.2) is 12.1 Å². The predicted octanol–water partition coefficient (Wildman–Crippen LogP) is 11.5. The van der Waals surface area contributed by atoms with Gasteiger partial charge in [0.05, 0.1) is 6.61 Å². The Morgan fingerprint density at radius 2 is 1.16 bits per heavy atom. The molecule has 0 aliphatic heterocycles. The van der Waals surface area contributed by atoms with Gasteiger partial charge in [0.25, 0.3) is 0 Å². The van der Waals surface area contributed by atoms with Gasteiger partial charge in [-0.2, -0.15) is 4.39 Å². The number of hydrogen-bond acceptors (Lipinski definition) is 1. The number of benzene rings is 1. The van der Waals surface area contributed by atoms with Gasteiger partial charge in [0.1, 0.15) is 0 Å². The summed E-state index contributed by atoms with van der Waals surface area (Å²) in [6.07, 6.45) is 26.7. The molecule has 2 aliphatic rings. The van der Waals surface area contributed by atoms with Gasteiger partial charge < -0.3 is 4.74 Å². The summed E-state index contributed by atoms with van der Waals surface area (Å²) < 4.78 is 35.4. The van der Waals surface area contributed by atoms with Crippen molar-refractivity contribution < 1.29 is 13.5 Å². The molecule has 0 spiro atoms. The van der Waals surface area contributed by atoms with E-state index in [2.05, 4.69) is 13.8 Å². The third kappa shape index (κ3) is 10.2. The molecule has 0 unspecified atom stereocenters. The van der Waals surface area contributed by atoms with Gasteiger partial charge in [-0.1, -0.05) is 110 Å². The number of ether oxygens (including phenoxy) is 1. The van der Waals surface area contributed by atoms with Crippen molar-refractivity contribution in [2.24, 2.45) is 17.8 Å². The molecule has 0 amide bonds. The quantitative estimate of drug-likeness (QED) is 0.186. The first-order chi connectivity index (χ1) is 18.1. The summed E-state index contributed by atoms with van der Waals surface area (Å²) >= 11 is 0. The Labute approximate surface area is 227 Å². The minimum absolute atomic E-state index is 0.0845. The van der Waals surface area contributed by atoms with Crippen LogP contribution < -0.4 is 4.74 Å². The smallest absolute Gasteiger partial charge is 0.200 e. The second kappa shape index (κ2) is 17.5. The average molecular weight is 519 g/mol. The second-order valence-corrected chi connectivity index (χ2v) is 12.3. The third-order valence-corrected chi connectivity index (χ3v) is 9.57. The Kier molecular flexibility index (Phi) is 14.4. The Bertz CT molecular complexity index is 732. The van der Waals surface area contributed by atoms with Crippen LogP contribution in [0, 0.1) is 29.4 Å². The van der Waals surface area contributed by atoms with E-state index in [0.29, 0.717) is 12.2 Å². The van der Waals surface area contributed by atoms with Crippen LogP contribution in [0.3, 0.4) is 0 Å². The Morgan fingerprint density at radius 1 is 0.622 bits per heavy atom. The molecule has 2 saturated carbocycles. The van der Waals surface area contributed by atoms with Crippen LogP contribution in [0.2, 0.25) is 0 Å². The molecule has 3 heteroatoms. The summed E-state index contributed by atoms with van der Waals surface area (Å²) in [4.78, 5) is 0. The van der Waals surface area contributed by atoms with Gasteiger partial charge in [-0.3, -0.25) is 0 Å². The molecule has 0 atom stereocenters. The zero-order chi connectivity index (χ0) is 26.3. The molecule has 0 radical (unpaired) electrons. The fourth-order valence-electron chi connectivity index (χ4n) is 7.10. The van der Waals surface area contributed by atoms with E-state index < -0.39 is 11.6 Å². The lowest BCUT2D eigenvalue weighted by atomic mass is 9.68. The first-order valence-electron chi connectivity index (χ1n) is 16.2. The van der Waals surface area contributed by atoms with Crippen LogP contribution in [0.4, 0.5) is 8.78 Å². The summed E-state index contributed by atoms with van der Waals surface area (Å²) in [5, 5.41) is 0. The van der Waals surface area contributed by atoms with E-state index in [1.165, 1.54) is 109 Å². The topological polar surface area (TPSA) is 9.23 Å². The summed E-state index contributed by atoms with van der Waals surface area (Å²) in [5.41, 5.74) is 0.575. The molecule has 2 aliphatic carbocycles. The van der Waals surface area contributed by atoms with Crippen LogP contribution in [-0.2, 0) is 0 Å². The van der Waals surface area contributed by atoms with E-state index in [0.717, 1.165) is 43.4 Å². The van der Waals surface area contributed by atoms with Crippen molar-refractivity contribution in [1.82, 2.24) is 0 Å². The number of hydrogen-bond donors (Lipinski definition) is 0. The highest BCUT2D eigenvalue weighted by Gasteiger charge is 2.32. The molecule has 0 N–H and O–H groups in total. The van der Waals surface area contributed by atoms with Crippen molar-refractivity contribution >= 4 is 0 Å². The normalized spacial score (nSPS) is 24.3. The standard InChI is InChI=1S/C34H56F2O/c1-3-5-7-9-11-13-15-27-16-18-28(19-17-27)29-20-22-30(23-21-29)31-24-25-32(34(36)33(31)35)37-26-14-12-10-8-6-4-2/h24-25,27-30H,3-23,26H2,1-2H3. The van der Waals surface area contributed by atoms with E-state index in [9.17, 15) is 8.78 Å². The summed E-state index contributed by atoms with van der Waals surface area (Å²) in [7, 11) is 0. The van der Waals surface area contributed by atoms with Crippen LogP contribution >= 0.6 is 0 Å². The maximum Gasteiger partial charge on any atom is 0.200 e. The van der Waals surface area contributed by atoms with Crippen molar-refractivity contribution in [3.63, 3.8) is 0 Å². The Morgan fingerprint density at radius 3 is 1.78 bits per heavy atom. The molecule has 0 heterocycles. The molecular formula is C34H56F2O. The minimum Gasteiger partial charge on any atom is -0.490 e. The first kappa shape index (κ1) is 30.4. The lowest BCUT2D eigenvalue weighted by Crippen LogP contribution is -2.25. The van der Waals surface area contributed by atoms with Crippen molar-refractivity contribution in [3.05, 3.63) is 29.3 Å². The molecular weight excluding hydrogens is 462 g/mol. The largest absolute Gasteiger partial charge is 0.490 e. The third-order valence-electron chi connectivity index (χ3n) is 9.57. The fraction of sp³-hybridized carbons (Fsp3) is 0.824. The van der Waals surface area contributed by atoms with E-state index >= 15 is 0 Å². The van der Waals surface area contributed by atoms with Crippen molar-refractivity contribution in [3.8, 4) is 5.75 Å². The molecule has 0 saturated heterocycles. The van der Waals surface area contributed by atoms with Crippen LogP contribution in [-0.4, -0.2) is 6.61 Å². The molecule has 1 nitrogen and oxygen atoms in total. The van der Waals surface area contributed by atoms with Crippen LogP contribution in [0.1, 0.15) is 160 Å². The molecule has 1 aromatic rings. The highest BCUT2D eigenvalue weighted by molar-refractivity contribution is 5.33. The summed E-state index contributed by atoms with van der Waals surface area (Å²) in [5.74, 6) is 1.40. The summed E-state index contributed by atoms with van der Waals surface area (Å²) in [6.45, 7) is 4.96. The zero-order valence-corrected chi connectivity index (χ0v) is 24.2. The lowest BCUT2D eigenvalue weighted by molar-refractivity contribution is 0.155.